The van der Waals surface area contributed by atoms with E-state index in [1.54, 1.807) is 23.0 Å². The highest BCUT2D eigenvalue weighted by Gasteiger charge is 2.15. The number of nitrogens with zero attached hydrogens (tertiary/aromatic N) is 2. The Kier molecular flexibility index (Phi) is 3.35. The predicted molar refractivity (Wildman–Crippen MR) is 71.0 cm³/mol. The van der Waals surface area contributed by atoms with Gasteiger partial charge in [0.2, 0.25) is 0 Å². The third kappa shape index (κ3) is 2.42. The van der Waals surface area contributed by atoms with Crippen LogP contribution in [0.25, 0.3) is 11.1 Å². The van der Waals surface area contributed by atoms with E-state index in [0.29, 0.717) is 8.95 Å². The molecule has 0 amide bonds. The van der Waals surface area contributed by atoms with Crippen molar-refractivity contribution in [2.75, 3.05) is 0 Å². The topological polar surface area (TPSA) is 55.1 Å². The molecule has 6 heteroatoms. The summed E-state index contributed by atoms with van der Waals surface area (Å²) in [5.41, 5.74) is 2.06. The number of carboxylic acids is 1. The molecule has 0 spiro atoms. The molecular weight excluding hydrogens is 352 g/mol. The fourth-order valence-corrected chi connectivity index (χ4v) is 3.04. The average Bonchev–Trinajstić information content (AvgIpc) is 2.63. The van der Waals surface area contributed by atoms with Crippen LogP contribution >= 0.6 is 31.9 Å². The highest BCUT2D eigenvalue weighted by molar-refractivity contribution is 9.11. The second-order valence-corrected chi connectivity index (χ2v) is 5.23. The van der Waals surface area contributed by atoms with Crippen LogP contribution in [-0.2, 0) is 7.05 Å². The van der Waals surface area contributed by atoms with Crippen molar-refractivity contribution in [3.63, 3.8) is 0 Å². The van der Waals surface area contributed by atoms with Crippen molar-refractivity contribution in [1.82, 2.24) is 9.78 Å². The molecule has 0 aliphatic rings. The minimum absolute atomic E-state index is 0.220. The lowest BCUT2D eigenvalue weighted by Crippen LogP contribution is -1.99. The van der Waals surface area contributed by atoms with E-state index in [9.17, 15) is 4.79 Å². The number of benzene rings is 1. The van der Waals surface area contributed by atoms with E-state index < -0.39 is 5.97 Å². The van der Waals surface area contributed by atoms with Gasteiger partial charge >= 0.3 is 5.97 Å². The van der Waals surface area contributed by atoms with Crippen LogP contribution in [0.1, 0.15) is 10.4 Å². The Morgan fingerprint density at radius 2 is 1.88 bits per heavy atom. The summed E-state index contributed by atoms with van der Waals surface area (Å²) in [5, 5.41) is 13.1. The van der Waals surface area contributed by atoms with E-state index in [4.69, 9.17) is 5.11 Å². The predicted octanol–water partition coefficient (Wildman–Crippen LogP) is 3.31. The zero-order valence-corrected chi connectivity index (χ0v) is 12.0. The molecule has 1 N–H and O–H groups in total. The number of aryl methyl sites for hydroxylation is 1. The minimum atomic E-state index is -0.971. The molecule has 0 aliphatic carbocycles. The standard InChI is InChI=1S/C11H8Br2N2O2/c1-15-5-7(4-14-15)6-2-8(12)10(11(16)17)9(13)3-6/h2-5H,1H3,(H,16,17). The second kappa shape index (κ2) is 4.62. The normalized spacial score (nSPS) is 10.5. The van der Waals surface area contributed by atoms with Gasteiger partial charge < -0.3 is 5.11 Å². The van der Waals surface area contributed by atoms with Gasteiger partial charge in [0.1, 0.15) is 0 Å². The van der Waals surface area contributed by atoms with E-state index >= 15 is 0 Å². The summed E-state index contributed by atoms with van der Waals surface area (Å²) >= 11 is 6.53. The highest BCUT2D eigenvalue weighted by Crippen LogP contribution is 2.32. The minimum Gasteiger partial charge on any atom is -0.478 e. The van der Waals surface area contributed by atoms with Crippen LogP contribution in [-0.4, -0.2) is 20.9 Å². The van der Waals surface area contributed by atoms with Gasteiger partial charge in [-0.1, -0.05) is 0 Å². The number of rotatable bonds is 2. The van der Waals surface area contributed by atoms with E-state index in [1.807, 2.05) is 13.2 Å². The molecule has 0 radical (unpaired) electrons. The second-order valence-electron chi connectivity index (χ2n) is 3.52. The summed E-state index contributed by atoms with van der Waals surface area (Å²) in [6, 6.07) is 3.54. The van der Waals surface area contributed by atoms with Gasteiger partial charge in [0.25, 0.3) is 0 Å². The van der Waals surface area contributed by atoms with Gasteiger partial charge in [-0.05, 0) is 49.6 Å². The van der Waals surface area contributed by atoms with Crippen molar-refractivity contribution >= 4 is 37.8 Å². The molecule has 1 aromatic carbocycles. The molecule has 17 heavy (non-hydrogen) atoms. The zero-order chi connectivity index (χ0) is 12.6. The summed E-state index contributed by atoms with van der Waals surface area (Å²) in [4.78, 5) is 11.0. The molecule has 1 aromatic heterocycles. The van der Waals surface area contributed by atoms with Crippen LogP contribution in [0.5, 0.6) is 0 Å². The van der Waals surface area contributed by atoms with Crippen molar-refractivity contribution < 1.29 is 9.90 Å². The van der Waals surface area contributed by atoms with Crippen molar-refractivity contribution in [2.45, 2.75) is 0 Å². The lowest BCUT2D eigenvalue weighted by molar-refractivity contribution is 0.0695. The number of aromatic nitrogens is 2. The Bertz CT molecular complexity index is 570. The van der Waals surface area contributed by atoms with Crippen molar-refractivity contribution in [3.8, 4) is 11.1 Å². The van der Waals surface area contributed by atoms with Crippen LogP contribution in [0.2, 0.25) is 0 Å². The SMILES string of the molecule is Cn1cc(-c2cc(Br)c(C(=O)O)c(Br)c2)cn1. The summed E-state index contributed by atoms with van der Waals surface area (Å²) in [6.45, 7) is 0. The number of halogens is 2. The Balaban J connectivity index is 2.56. The largest absolute Gasteiger partial charge is 0.478 e. The summed E-state index contributed by atoms with van der Waals surface area (Å²) in [5.74, 6) is -0.971. The molecule has 1 heterocycles. The molecule has 0 atom stereocenters. The van der Waals surface area contributed by atoms with Crippen molar-refractivity contribution in [2.24, 2.45) is 7.05 Å². The van der Waals surface area contributed by atoms with Crippen LogP contribution in [0.15, 0.2) is 33.5 Å². The lowest BCUT2D eigenvalue weighted by Gasteiger charge is -2.05. The first-order valence-corrected chi connectivity index (χ1v) is 6.29. The number of hydrogen-bond donors (Lipinski definition) is 1. The van der Waals surface area contributed by atoms with Crippen LogP contribution in [0, 0.1) is 0 Å². The molecule has 0 fully saturated rings. The van der Waals surface area contributed by atoms with E-state index in [-0.39, 0.29) is 5.56 Å². The average molecular weight is 360 g/mol. The number of carboxylic acid groups (broad SMARTS) is 1. The number of aromatic carboxylic acids is 1. The summed E-state index contributed by atoms with van der Waals surface area (Å²) in [7, 11) is 1.83. The molecule has 0 saturated heterocycles. The molecule has 88 valence electrons. The zero-order valence-electron chi connectivity index (χ0n) is 8.82. The van der Waals surface area contributed by atoms with Gasteiger partial charge in [0, 0.05) is 27.8 Å². The van der Waals surface area contributed by atoms with E-state index in [0.717, 1.165) is 11.1 Å². The monoisotopic (exact) mass is 358 g/mol. The Labute approximate surface area is 115 Å². The fraction of sp³-hybridized carbons (Fsp3) is 0.0909. The Morgan fingerprint density at radius 1 is 1.29 bits per heavy atom. The first-order valence-electron chi connectivity index (χ1n) is 4.70. The maximum absolute atomic E-state index is 11.0. The lowest BCUT2D eigenvalue weighted by atomic mass is 10.1. The summed E-state index contributed by atoms with van der Waals surface area (Å²) in [6.07, 6.45) is 3.60. The first-order chi connectivity index (χ1) is 7.99. The smallest absolute Gasteiger partial charge is 0.337 e. The Hall–Kier alpha value is -1.14. The van der Waals surface area contributed by atoms with Gasteiger partial charge in [-0.15, -0.1) is 0 Å². The highest BCUT2D eigenvalue weighted by atomic mass is 79.9. The molecule has 0 unspecified atom stereocenters. The van der Waals surface area contributed by atoms with Crippen molar-refractivity contribution in [3.05, 3.63) is 39.0 Å². The van der Waals surface area contributed by atoms with E-state index in [1.165, 1.54) is 0 Å². The van der Waals surface area contributed by atoms with Crippen LogP contribution in [0.4, 0.5) is 0 Å². The molecular formula is C11H8Br2N2O2. The Morgan fingerprint density at radius 3 is 2.29 bits per heavy atom. The van der Waals surface area contributed by atoms with Gasteiger partial charge in [0.05, 0.1) is 11.8 Å². The quantitative estimate of drug-likeness (QED) is 0.894. The molecule has 0 saturated carbocycles. The van der Waals surface area contributed by atoms with Gasteiger partial charge in [-0.3, -0.25) is 4.68 Å². The molecule has 0 aliphatic heterocycles. The van der Waals surface area contributed by atoms with E-state index in [2.05, 4.69) is 37.0 Å². The maximum atomic E-state index is 11.0. The number of hydrogen-bond acceptors (Lipinski definition) is 2. The fourth-order valence-electron chi connectivity index (χ4n) is 1.51. The maximum Gasteiger partial charge on any atom is 0.337 e. The molecule has 2 rings (SSSR count). The third-order valence-electron chi connectivity index (χ3n) is 2.29. The molecule has 4 nitrogen and oxygen atoms in total. The van der Waals surface area contributed by atoms with Gasteiger partial charge in [0.15, 0.2) is 0 Å². The van der Waals surface area contributed by atoms with Gasteiger partial charge in [-0.25, -0.2) is 4.79 Å². The third-order valence-corrected chi connectivity index (χ3v) is 3.55. The number of carbonyl (C=O) groups is 1. The van der Waals surface area contributed by atoms with Crippen molar-refractivity contribution in [1.29, 1.82) is 0 Å². The molecule has 2 aromatic rings. The van der Waals surface area contributed by atoms with Gasteiger partial charge in [-0.2, -0.15) is 5.10 Å². The first kappa shape index (κ1) is 12.3. The van der Waals surface area contributed by atoms with Crippen LogP contribution in [0.3, 0.4) is 0 Å². The summed E-state index contributed by atoms with van der Waals surface area (Å²) < 4.78 is 2.78. The molecule has 0 bridgehead atoms. The van der Waals surface area contributed by atoms with Crippen LogP contribution < -0.4 is 0 Å².